The van der Waals surface area contributed by atoms with Gasteiger partial charge in [0.1, 0.15) is 0 Å². The number of rotatable bonds is 4. The van der Waals surface area contributed by atoms with Crippen LogP contribution in [0.4, 0.5) is 0 Å². The van der Waals surface area contributed by atoms with Crippen molar-refractivity contribution in [3.8, 4) is 11.3 Å². The van der Waals surface area contributed by atoms with Gasteiger partial charge in [-0.25, -0.2) is 4.98 Å². The van der Waals surface area contributed by atoms with E-state index in [1.807, 2.05) is 7.05 Å². The molecule has 4 heteroatoms. The van der Waals surface area contributed by atoms with E-state index in [2.05, 4.69) is 40.8 Å². The molecule has 1 N–H and O–H groups in total. The molecule has 1 aromatic heterocycles. The van der Waals surface area contributed by atoms with Gasteiger partial charge >= 0.3 is 0 Å². The second-order valence-electron chi connectivity index (χ2n) is 3.38. The average Bonchev–Trinajstić information content (AvgIpc) is 2.78. The van der Waals surface area contributed by atoms with E-state index < -0.39 is 0 Å². The summed E-state index contributed by atoms with van der Waals surface area (Å²) in [5, 5.41) is 3.01. The lowest BCUT2D eigenvalue weighted by atomic mass is 10.2. The van der Waals surface area contributed by atoms with Crippen LogP contribution in [0.2, 0.25) is 0 Å². The van der Waals surface area contributed by atoms with Crippen molar-refractivity contribution in [3.63, 3.8) is 0 Å². The number of aromatic nitrogens is 1. The van der Waals surface area contributed by atoms with Crippen molar-refractivity contribution in [2.45, 2.75) is 11.4 Å². The topological polar surface area (TPSA) is 38.1 Å². The first-order valence-corrected chi connectivity index (χ1v) is 6.29. The summed E-state index contributed by atoms with van der Waals surface area (Å²) < 4.78 is 5.60. The molecule has 0 spiro atoms. The highest BCUT2D eigenvalue weighted by Gasteiger charge is 2.05. The third-order valence-electron chi connectivity index (χ3n) is 2.26. The molecule has 2 rings (SSSR count). The molecule has 0 radical (unpaired) electrons. The van der Waals surface area contributed by atoms with E-state index in [9.17, 15) is 0 Å². The SMILES string of the molecule is CNCc1ncc(-c2ccc(SC)cc2)o1. The second-order valence-corrected chi connectivity index (χ2v) is 4.26. The van der Waals surface area contributed by atoms with Crippen molar-refractivity contribution >= 4 is 11.8 Å². The Kier molecular flexibility index (Phi) is 3.64. The lowest BCUT2D eigenvalue weighted by Gasteiger charge is -1.98. The molecule has 84 valence electrons. The number of oxazole rings is 1. The van der Waals surface area contributed by atoms with Crippen LogP contribution in [0.3, 0.4) is 0 Å². The minimum Gasteiger partial charge on any atom is -0.439 e. The first-order valence-electron chi connectivity index (χ1n) is 5.07. The van der Waals surface area contributed by atoms with Crippen LogP contribution >= 0.6 is 11.8 Å². The molecule has 1 heterocycles. The normalized spacial score (nSPS) is 10.6. The maximum Gasteiger partial charge on any atom is 0.208 e. The Balaban J connectivity index is 2.21. The van der Waals surface area contributed by atoms with Crippen LogP contribution in [0.15, 0.2) is 39.8 Å². The van der Waals surface area contributed by atoms with Gasteiger partial charge in [0.15, 0.2) is 5.76 Å². The lowest BCUT2D eigenvalue weighted by Crippen LogP contribution is -2.04. The summed E-state index contributed by atoms with van der Waals surface area (Å²) in [6.07, 6.45) is 3.83. The molecule has 16 heavy (non-hydrogen) atoms. The lowest BCUT2D eigenvalue weighted by molar-refractivity contribution is 0.491. The van der Waals surface area contributed by atoms with Gasteiger partial charge in [0, 0.05) is 10.5 Å². The van der Waals surface area contributed by atoms with Crippen LogP contribution in [0.25, 0.3) is 11.3 Å². The van der Waals surface area contributed by atoms with Crippen molar-refractivity contribution in [2.24, 2.45) is 0 Å². The van der Waals surface area contributed by atoms with Crippen LogP contribution in [0, 0.1) is 0 Å². The number of thioether (sulfide) groups is 1. The first kappa shape index (κ1) is 11.2. The zero-order chi connectivity index (χ0) is 11.4. The summed E-state index contributed by atoms with van der Waals surface area (Å²) >= 11 is 1.73. The number of hydrogen-bond acceptors (Lipinski definition) is 4. The minimum absolute atomic E-state index is 0.656. The number of nitrogens with zero attached hydrogens (tertiary/aromatic N) is 1. The van der Waals surface area contributed by atoms with Gasteiger partial charge in [-0.05, 0) is 25.4 Å². The van der Waals surface area contributed by atoms with E-state index in [-0.39, 0.29) is 0 Å². The molecule has 2 aromatic rings. The molecule has 0 atom stereocenters. The molecule has 0 aliphatic carbocycles. The Hall–Kier alpha value is -1.26. The molecule has 0 saturated heterocycles. The molecule has 0 aliphatic rings. The van der Waals surface area contributed by atoms with Crippen LogP contribution < -0.4 is 5.32 Å². The molecular weight excluding hydrogens is 220 g/mol. The second kappa shape index (κ2) is 5.18. The van der Waals surface area contributed by atoms with E-state index in [0.29, 0.717) is 12.4 Å². The van der Waals surface area contributed by atoms with Gasteiger partial charge in [0.2, 0.25) is 5.89 Å². The quantitative estimate of drug-likeness (QED) is 0.825. The zero-order valence-electron chi connectivity index (χ0n) is 9.36. The van der Waals surface area contributed by atoms with E-state index in [0.717, 1.165) is 11.3 Å². The van der Waals surface area contributed by atoms with Crippen LogP contribution in [0.5, 0.6) is 0 Å². The maximum absolute atomic E-state index is 5.60. The molecular formula is C12H14N2OS. The van der Waals surface area contributed by atoms with Crippen molar-refractivity contribution < 1.29 is 4.42 Å². The summed E-state index contributed by atoms with van der Waals surface area (Å²) in [7, 11) is 1.87. The monoisotopic (exact) mass is 234 g/mol. The molecule has 0 fully saturated rings. The summed E-state index contributed by atoms with van der Waals surface area (Å²) in [4.78, 5) is 5.44. The van der Waals surface area contributed by atoms with Crippen molar-refractivity contribution in [1.29, 1.82) is 0 Å². The summed E-state index contributed by atoms with van der Waals surface area (Å²) in [5.74, 6) is 1.53. The Morgan fingerprint density at radius 1 is 1.31 bits per heavy atom. The molecule has 0 aliphatic heterocycles. The highest BCUT2D eigenvalue weighted by molar-refractivity contribution is 7.98. The van der Waals surface area contributed by atoms with Gasteiger partial charge in [-0.15, -0.1) is 11.8 Å². The van der Waals surface area contributed by atoms with Crippen molar-refractivity contribution in [1.82, 2.24) is 10.3 Å². The number of nitrogens with one attached hydrogen (secondary N) is 1. The maximum atomic E-state index is 5.60. The van der Waals surface area contributed by atoms with Crippen molar-refractivity contribution in [3.05, 3.63) is 36.4 Å². The largest absolute Gasteiger partial charge is 0.439 e. The summed E-state index contributed by atoms with van der Waals surface area (Å²) in [6.45, 7) is 0.656. The smallest absolute Gasteiger partial charge is 0.208 e. The highest BCUT2D eigenvalue weighted by Crippen LogP contribution is 2.23. The third-order valence-corrected chi connectivity index (χ3v) is 3.00. The van der Waals surface area contributed by atoms with E-state index >= 15 is 0 Å². The van der Waals surface area contributed by atoms with Gasteiger partial charge in [0.25, 0.3) is 0 Å². The standard InChI is InChI=1S/C12H14N2OS/c1-13-8-12-14-7-11(15-12)9-3-5-10(16-2)6-4-9/h3-7,13H,8H2,1-2H3. The minimum atomic E-state index is 0.656. The number of benzene rings is 1. The summed E-state index contributed by atoms with van der Waals surface area (Å²) in [5.41, 5.74) is 1.06. The first-order chi connectivity index (χ1) is 7.83. The van der Waals surface area contributed by atoms with Gasteiger partial charge < -0.3 is 9.73 Å². The molecule has 0 saturated carbocycles. The highest BCUT2D eigenvalue weighted by atomic mass is 32.2. The molecule has 0 bridgehead atoms. The molecule has 0 amide bonds. The average molecular weight is 234 g/mol. The summed E-state index contributed by atoms with van der Waals surface area (Å²) in [6, 6.07) is 8.27. The van der Waals surface area contributed by atoms with E-state index in [1.54, 1.807) is 18.0 Å². The van der Waals surface area contributed by atoms with Crippen LogP contribution in [0.1, 0.15) is 5.89 Å². The van der Waals surface area contributed by atoms with Crippen LogP contribution in [-0.2, 0) is 6.54 Å². The molecule has 3 nitrogen and oxygen atoms in total. The predicted octanol–water partition coefficient (Wildman–Crippen LogP) is 2.78. The van der Waals surface area contributed by atoms with Crippen molar-refractivity contribution in [2.75, 3.05) is 13.3 Å². The van der Waals surface area contributed by atoms with Gasteiger partial charge in [-0.1, -0.05) is 12.1 Å². The fourth-order valence-electron chi connectivity index (χ4n) is 1.43. The van der Waals surface area contributed by atoms with Gasteiger partial charge in [-0.3, -0.25) is 0 Å². The fourth-order valence-corrected chi connectivity index (χ4v) is 1.84. The molecule has 0 unspecified atom stereocenters. The Bertz CT molecular complexity index is 450. The van der Waals surface area contributed by atoms with Gasteiger partial charge in [-0.2, -0.15) is 0 Å². The fraction of sp³-hybridized carbons (Fsp3) is 0.250. The molecule has 1 aromatic carbocycles. The van der Waals surface area contributed by atoms with E-state index in [1.165, 1.54) is 4.90 Å². The predicted molar refractivity (Wildman–Crippen MR) is 66.5 cm³/mol. The van der Waals surface area contributed by atoms with Gasteiger partial charge in [0.05, 0.1) is 12.7 Å². The Morgan fingerprint density at radius 3 is 2.69 bits per heavy atom. The number of hydrogen-bond donors (Lipinski definition) is 1. The Morgan fingerprint density at radius 2 is 2.06 bits per heavy atom. The zero-order valence-corrected chi connectivity index (χ0v) is 10.2. The Labute approximate surface area is 99.3 Å². The van der Waals surface area contributed by atoms with Crippen LogP contribution in [-0.4, -0.2) is 18.3 Å². The third kappa shape index (κ3) is 2.46. The van der Waals surface area contributed by atoms with E-state index in [4.69, 9.17) is 4.42 Å².